The molecule has 0 bridgehead atoms. The summed E-state index contributed by atoms with van der Waals surface area (Å²) in [5.41, 5.74) is 0.823. The van der Waals surface area contributed by atoms with Crippen molar-refractivity contribution in [1.82, 2.24) is 0 Å². The molecule has 3 heteroatoms. The number of carbonyl (C=O) groups is 1. The zero-order valence-electron chi connectivity index (χ0n) is 6.65. The van der Waals surface area contributed by atoms with Crippen LogP contribution in [0.25, 0.3) is 0 Å². The number of carbonyl (C=O) groups excluding carboxylic acids is 1. The lowest BCUT2D eigenvalue weighted by molar-refractivity contribution is -0.120. The Labute approximate surface area is 79.8 Å². The molecule has 0 spiro atoms. The van der Waals surface area contributed by atoms with Gasteiger partial charge in [0.2, 0.25) is 5.78 Å². The highest BCUT2D eigenvalue weighted by Gasteiger charge is 2.36. The maximum absolute atomic E-state index is 11.3. The molecule has 0 saturated carbocycles. The molecule has 0 amide bonds. The van der Waals surface area contributed by atoms with Crippen LogP contribution in [0.15, 0.2) is 11.3 Å². The molecule has 0 aromatic rings. The molecule has 1 atom stereocenters. The van der Waals surface area contributed by atoms with Gasteiger partial charge < -0.3 is 5.11 Å². The fourth-order valence-corrected chi connectivity index (χ4v) is 1.62. The standard InChI is InChI=1S/C8H11IO2/c1-5-3-4-8(2,9)7(11)6(5)10/h10H,3-4H2,1-2H3. The Morgan fingerprint density at radius 1 is 1.64 bits per heavy atom. The summed E-state index contributed by atoms with van der Waals surface area (Å²) >= 11 is 2.10. The summed E-state index contributed by atoms with van der Waals surface area (Å²) in [7, 11) is 0. The molecule has 0 aromatic carbocycles. The summed E-state index contributed by atoms with van der Waals surface area (Å²) in [5.74, 6) is -0.144. The van der Waals surface area contributed by atoms with Gasteiger partial charge in [-0.2, -0.15) is 0 Å². The van der Waals surface area contributed by atoms with E-state index >= 15 is 0 Å². The molecule has 1 unspecified atom stereocenters. The van der Waals surface area contributed by atoms with Crippen molar-refractivity contribution in [3.8, 4) is 0 Å². The van der Waals surface area contributed by atoms with Gasteiger partial charge in [-0.3, -0.25) is 4.79 Å². The Morgan fingerprint density at radius 3 is 2.64 bits per heavy atom. The summed E-state index contributed by atoms with van der Waals surface area (Å²) in [6.07, 6.45) is 1.67. The Kier molecular flexibility index (Phi) is 2.27. The molecule has 0 aromatic heterocycles. The first kappa shape index (κ1) is 9.03. The van der Waals surface area contributed by atoms with Crippen molar-refractivity contribution in [2.24, 2.45) is 0 Å². The van der Waals surface area contributed by atoms with E-state index in [0.29, 0.717) is 0 Å². The Balaban J connectivity index is 3.00. The van der Waals surface area contributed by atoms with E-state index in [9.17, 15) is 9.90 Å². The topological polar surface area (TPSA) is 37.3 Å². The smallest absolute Gasteiger partial charge is 0.212 e. The summed E-state index contributed by atoms with van der Waals surface area (Å²) in [6.45, 7) is 3.66. The third kappa shape index (κ3) is 1.58. The SMILES string of the molecule is CC1=C(O)C(=O)C(C)(I)CC1. The summed E-state index contributed by atoms with van der Waals surface area (Å²) in [6, 6.07) is 0. The van der Waals surface area contributed by atoms with E-state index in [1.807, 2.05) is 6.92 Å². The number of aliphatic hydroxyl groups is 1. The number of aliphatic hydroxyl groups excluding tert-OH is 1. The lowest BCUT2D eigenvalue weighted by Gasteiger charge is -2.25. The number of Topliss-reactive ketones (excluding diaryl/α,β-unsaturated/α-hetero) is 1. The van der Waals surface area contributed by atoms with Crippen LogP contribution in [0, 0.1) is 0 Å². The van der Waals surface area contributed by atoms with Gasteiger partial charge in [-0.05, 0) is 32.3 Å². The van der Waals surface area contributed by atoms with Crippen LogP contribution in [0.5, 0.6) is 0 Å². The molecular weight excluding hydrogens is 255 g/mol. The first-order valence-corrected chi connectivity index (χ1v) is 4.65. The van der Waals surface area contributed by atoms with Crippen molar-refractivity contribution in [1.29, 1.82) is 0 Å². The van der Waals surface area contributed by atoms with Gasteiger partial charge in [-0.25, -0.2) is 0 Å². The van der Waals surface area contributed by atoms with Crippen molar-refractivity contribution in [3.05, 3.63) is 11.3 Å². The maximum Gasteiger partial charge on any atom is 0.212 e. The first-order chi connectivity index (χ1) is 4.95. The second kappa shape index (κ2) is 2.77. The molecule has 1 aliphatic carbocycles. The van der Waals surface area contributed by atoms with Gasteiger partial charge in [0.05, 0.1) is 3.42 Å². The lowest BCUT2D eigenvalue weighted by Crippen LogP contribution is -2.33. The van der Waals surface area contributed by atoms with Crippen LogP contribution >= 0.6 is 22.6 Å². The molecule has 2 nitrogen and oxygen atoms in total. The highest BCUT2D eigenvalue weighted by molar-refractivity contribution is 14.1. The fourth-order valence-electron chi connectivity index (χ4n) is 1.09. The molecule has 0 heterocycles. The van der Waals surface area contributed by atoms with Crippen LogP contribution in [0.1, 0.15) is 26.7 Å². The quantitative estimate of drug-likeness (QED) is 0.540. The van der Waals surface area contributed by atoms with Crippen LogP contribution in [0.2, 0.25) is 0 Å². The number of hydrogen-bond acceptors (Lipinski definition) is 2. The Bertz CT molecular complexity index is 228. The van der Waals surface area contributed by atoms with E-state index in [1.165, 1.54) is 0 Å². The number of hydrogen-bond donors (Lipinski definition) is 1. The van der Waals surface area contributed by atoms with Gasteiger partial charge in [0.1, 0.15) is 0 Å². The van der Waals surface area contributed by atoms with Gasteiger partial charge in [-0.1, -0.05) is 22.6 Å². The zero-order valence-corrected chi connectivity index (χ0v) is 8.81. The summed E-state index contributed by atoms with van der Waals surface area (Å²) < 4.78 is -0.388. The number of allylic oxidation sites excluding steroid dienone is 2. The van der Waals surface area contributed by atoms with Crippen LogP contribution in [0.4, 0.5) is 0 Å². The lowest BCUT2D eigenvalue weighted by atomic mass is 9.89. The van der Waals surface area contributed by atoms with E-state index in [4.69, 9.17) is 0 Å². The van der Waals surface area contributed by atoms with Crippen LogP contribution in [0.3, 0.4) is 0 Å². The minimum atomic E-state index is -0.388. The summed E-state index contributed by atoms with van der Waals surface area (Å²) in [4.78, 5) is 11.3. The van der Waals surface area contributed by atoms with Gasteiger partial charge >= 0.3 is 0 Å². The zero-order chi connectivity index (χ0) is 8.65. The minimum Gasteiger partial charge on any atom is -0.504 e. The van der Waals surface area contributed by atoms with E-state index in [0.717, 1.165) is 18.4 Å². The second-order valence-corrected chi connectivity index (χ2v) is 5.54. The van der Waals surface area contributed by atoms with E-state index < -0.39 is 0 Å². The molecule has 11 heavy (non-hydrogen) atoms. The summed E-state index contributed by atoms with van der Waals surface area (Å²) in [5, 5.41) is 9.31. The molecular formula is C8H11IO2. The number of ketones is 1. The third-order valence-electron chi connectivity index (χ3n) is 2.06. The Hall–Kier alpha value is -0.0600. The van der Waals surface area contributed by atoms with Crippen molar-refractivity contribution < 1.29 is 9.90 Å². The van der Waals surface area contributed by atoms with Gasteiger partial charge in [-0.15, -0.1) is 0 Å². The molecule has 0 saturated heterocycles. The number of alkyl halides is 1. The molecule has 1 rings (SSSR count). The van der Waals surface area contributed by atoms with E-state index in [2.05, 4.69) is 22.6 Å². The number of rotatable bonds is 0. The van der Waals surface area contributed by atoms with Crippen LogP contribution in [-0.2, 0) is 4.79 Å². The highest BCUT2D eigenvalue weighted by atomic mass is 127. The Morgan fingerprint density at radius 2 is 2.18 bits per heavy atom. The van der Waals surface area contributed by atoms with E-state index in [1.54, 1.807) is 6.92 Å². The highest BCUT2D eigenvalue weighted by Crippen LogP contribution is 2.34. The fraction of sp³-hybridized carbons (Fsp3) is 0.625. The van der Waals surface area contributed by atoms with Crippen molar-refractivity contribution in [2.45, 2.75) is 30.1 Å². The molecule has 1 N–H and O–H groups in total. The average molecular weight is 266 g/mol. The normalized spacial score (nSPS) is 32.8. The maximum atomic E-state index is 11.3. The molecule has 62 valence electrons. The van der Waals surface area contributed by atoms with Gasteiger partial charge in [0.25, 0.3) is 0 Å². The van der Waals surface area contributed by atoms with Crippen molar-refractivity contribution in [2.75, 3.05) is 0 Å². The average Bonchev–Trinajstić information content (AvgIpc) is 1.95. The predicted molar refractivity (Wildman–Crippen MR) is 52.0 cm³/mol. The van der Waals surface area contributed by atoms with Crippen molar-refractivity contribution >= 4 is 28.4 Å². The van der Waals surface area contributed by atoms with Crippen molar-refractivity contribution in [3.63, 3.8) is 0 Å². The number of halogens is 1. The van der Waals surface area contributed by atoms with E-state index in [-0.39, 0.29) is 15.0 Å². The third-order valence-corrected chi connectivity index (χ3v) is 3.09. The monoisotopic (exact) mass is 266 g/mol. The molecule has 0 aliphatic heterocycles. The molecule has 1 aliphatic rings. The van der Waals surface area contributed by atoms with Crippen LogP contribution < -0.4 is 0 Å². The first-order valence-electron chi connectivity index (χ1n) is 3.57. The van der Waals surface area contributed by atoms with Gasteiger partial charge in [0.15, 0.2) is 5.76 Å². The second-order valence-electron chi connectivity index (χ2n) is 3.16. The largest absolute Gasteiger partial charge is 0.504 e. The molecule has 0 fully saturated rings. The molecule has 0 radical (unpaired) electrons. The van der Waals surface area contributed by atoms with Gasteiger partial charge in [0, 0.05) is 0 Å². The van der Waals surface area contributed by atoms with Crippen LogP contribution in [-0.4, -0.2) is 14.3 Å². The predicted octanol–water partition coefficient (Wildman–Crippen LogP) is 2.38. The minimum absolute atomic E-state index is 0.0202.